The van der Waals surface area contributed by atoms with E-state index in [1.807, 2.05) is 44.2 Å². The van der Waals surface area contributed by atoms with E-state index in [0.717, 1.165) is 5.69 Å². The molecule has 0 aliphatic rings. The van der Waals surface area contributed by atoms with Crippen molar-refractivity contribution in [3.05, 3.63) is 76.5 Å². The maximum Gasteiger partial charge on any atom is 0.325 e. The molecule has 1 heterocycles. The molecule has 1 amide bonds. The van der Waals surface area contributed by atoms with Crippen LogP contribution in [-0.4, -0.2) is 50.7 Å². The van der Waals surface area contributed by atoms with E-state index in [0.29, 0.717) is 16.8 Å². The molecule has 9 nitrogen and oxygen atoms in total. The van der Waals surface area contributed by atoms with Crippen LogP contribution in [-0.2, 0) is 20.7 Å². The molecule has 3 rings (SSSR count). The lowest BCUT2D eigenvalue weighted by Gasteiger charge is -2.25. The summed E-state index contributed by atoms with van der Waals surface area (Å²) in [5.41, 5.74) is 2.62. The van der Waals surface area contributed by atoms with Gasteiger partial charge in [-0.1, -0.05) is 18.2 Å². The predicted octanol–water partition coefficient (Wildman–Crippen LogP) is 3.79. The minimum absolute atomic E-state index is 0.0107. The van der Waals surface area contributed by atoms with Crippen LogP contribution >= 0.6 is 0 Å². The Bertz CT molecular complexity index is 1120. The molecule has 0 unspecified atom stereocenters. The van der Waals surface area contributed by atoms with E-state index in [-0.39, 0.29) is 37.2 Å². The van der Waals surface area contributed by atoms with Gasteiger partial charge in [0.2, 0.25) is 5.91 Å². The van der Waals surface area contributed by atoms with Gasteiger partial charge in [0, 0.05) is 35.5 Å². The second-order valence-electron chi connectivity index (χ2n) is 7.68. The van der Waals surface area contributed by atoms with Crippen molar-refractivity contribution in [2.24, 2.45) is 0 Å². The number of carbonyl (C=O) groups is 2. The van der Waals surface area contributed by atoms with Gasteiger partial charge < -0.3 is 9.64 Å². The van der Waals surface area contributed by atoms with Crippen molar-refractivity contribution in [3.63, 3.8) is 0 Å². The van der Waals surface area contributed by atoms with Gasteiger partial charge in [-0.15, -0.1) is 0 Å². The summed E-state index contributed by atoms with van der Waals surface area (Å²) in [6.07, 6.45) is 1.78. The second kappa shape index (κ2) is 10.5. The minimum atomic E-state index is -0.466. The topological polar surface area (TPSA) is 108 Å². The van der Waals surface area contributed by atoms with Gasteiger partial charge in [0.1, 0.15) is 6.54 Å². The van der Waals surface area contributed by atoms with Crippen molar-refractivity contribution in [3.8, 4) is 16.9 Å². The molecule has 0 saturated heterocycles. The van der Waals surface area contributed by atoms with Gasteiger partial charge in [0.05, 0.1) is 29.3 Å². The Labute approximate surface area is 191 Å². The van der Waals surface area contributed by atoms with E-state index in [1.165, 1.54) is 17.0 Å². The van der Waals surface area contributed by atoms with E-state index in [9.17, 15) is 19.7 Å². The Balaban J connectivity index is 1.96. The van der Waals surface area contributed by atoms with Gasteiger partial charge in [0.15, 0.2) is 0 Å². The number of rotatable bonds is 9. The third-order valence-electron chi connectivity index (χ3n) is 5.05. The third-order valence-corrected chi connectivity index (χ3v) is 5.05. The molecule has 0 aliphatic heterocycles. The fourth-order valence-electron chi connectivity index (χ4n) is 3.41. The van der Waals surface area contributed by atoms with Crippen LogP contribution in [0.2, 0.25) is 0 Å². The first-order valence-electron chi connectivity index (χ1n) is 10.6. The molecule has 0 radical (unpaired) electrons. The molecule has 0 aliphatic carbocycles. The highest BCUT2D eigenvalue weighted by Gasteiger charge is 2.24. The van der Waals surface area contributed by atoms with Crippen LogP contribution in [0.5, 0.6) is 0 Å². The highest BCUT2D eigenvalue weighted by molar-refractivity contribution is 5.85. The average Bonchev–Trinajstić information content (AvgIpc) is 3.21. The summed E-state index contributed by atoms with van der Waals surface area (Å²) in [4.78, 5) is 37.2. The fourth-order valence-corrected chi connectivity index (χ4v) is 3.41. The van der Waals surface area contributed by atoms with E-state index >= 15 is 0 Å². The Kier molecular flexibility index (Phi) is 7.55. The van der Waals surface area contributed by atoms with Crippen molar-refractivity contribution in [1.29, 1.82) is 0 Å². The molecule has 0 fully saturated rings. The molecule has 0 spiro atoms. The van der Waals surface area contributed by atoms with Gasteiger partial charge in [0.25, 0.3) is 5.69 Å². The number of nitrogens with zero attached hydrogens (tertiary/aromatic N) is 4. The van der Waals surface area contributed by atoms with Crippen LogP contribution in [0.25, 0.3) is 16.9 Å². The molecule has 33 heavy (non-hydrogen) atoms. The summed E-state index contributed by atoms with van der Waals surface area (Å²) in [5.74, 6) is -0.705. The van der Waals surface area contributed by atoms with Crippen molar-refractivity contribution < 1.29 is 19.2 Å². The Morgan fingerprint density at radius 1 is 1.12 bits per heavy atom. The van der Waals surface area contributed by atoms with Crippen molar-refractivity contribution in [2.75, 3.05) is 13.2 Å². The van der Waals surface area contributed by atoms with Crippen molar-refractivity contribution in [2.45, 2.75) is 33.2 Å². The molecule has 172 valence electrons. The number of aromatic nitrogens is 2. The van der Waals surface area contributed by atoms with Crippen molar-refractivity contribution >= 4 is 17.6 Å². The molecule has 3 aromatic rings. The molecule has 1 aromatic heterocycles. The quantitative estimate of drug-likeness (QED) is 0.279. The van der Waals surface area contributed by atoms with Gasteiger partial charge in [-0.25, -0.2) is 4.68 Å². The Morgan fingerprint density at radius 2 is 1.79 bits per heavy atom. The summed E-state index contributed by atoms with van der Waals surface area (Å²) in [6.45, 7) is 5.49. The van der Waals surface area contributed by atoms with Gasteiger partial charge >= 0.3 is 5.97 Å². The highest BCUT2D eigenvalue weighted by atomic mass is 16.6. The number of esters is 1. The van der Waals surface area contributed by atoms with Gasteiger partial charge in [-0.05, 0) is 45.0 Å². The smallest absolute Gasteiger partial charge is 0.325 e. The summed E-state index contributed by atoms with van der Waals surface area (Å²) < 4.78 is 6.68. The molecular formula is C24H26N4O5. The summed E-state index contributed by atoms with van der Waals surface area (Å²) >= 11 is 0. The number of hydrogen-bond acceptors (Lipinski definition) is 6. The lowest BCUT2D eigenvalue weighted by Crippen LogP contribution is -2.42. The summed E-state index contributed by atoms with van der Waals surface area (Å²) in [5, 5.41) is 15.7. The number of benzene rings is 2. The van der Waals surface area contributed by atoms with E-state index in [1.54, 1.807) is 29.9 Å². The predicted molar refractivity (Wildman–Crippen MR) is 123 cm³/mol. The zero-order valence-corrected chi connectivity index (χ0v) is 18.8. The van der Waals surface area contributed by atoms with Crippen LogP contribution < -0.4 is 0 Å². The third kappa shape index (κ3) is 5.82. The van der Waals surface area contributed by atoms with Crippen molar-refractivity contribution in [1.82, 2.24) is 14.7 Å². The summed E-state index contributed by atoms with van der Waals surface area (Å²) in [6, 6.07) is 15.3. The highest BCUT2D eigenvalue weighted by Crippen LogP contribution is 2.27. The monoisotopic (exact) mass is 450 g/mol. The first-order chi connectivity index (χ1) is 15.8. The van der Waals surface area contributed by atoms with E-state index in [2.05, 4.69) is 5.10 Å². The van der Waals surface area contributed by atoms with Crippen LogP contribution in [0, 0.1) is 10.1 Å². The fraction of sp³-hybridized carbons (Fsp3) is 0.292. The first-order valence-corrected chi connectivity index (χ1v) is 10.6. The number of hydrogen-bond donors (Lipinski definition) is 0. The van der Waals surface area contributed by atoms with Gasteiger partial charge in [-0.2, -0.15) is 5.10 Å². The Morgan fingerprint density at radius 3 is 2.36 bits per heavy atom. The van der Waals surface area contributed by atoms with E-state index < -0.39 is 10.9 Å². The Hall–Kier alpha value is -4.01. The second-order valence-corrected chi connectivity index (χ2v) is 7.68. The SMILES string of the molecule is CCOC(=O)CN(C(=O)Cc1cn(-c2ccccc2)nc1-c1ccc([N+](=O)[O-])cc1)C(C)C. The number of nitro groups is 1. The van der Waals surface area contributed by atoms with E-state index in [4.69, 9.17) is 4.74 Å². The average molecular weight is 450 g/mol. The zero-order valence-electron chi connectivity index (χ0n) is 18.8. The molecule has 9 heteroatoms. The lowest BCUT2D eigenvalue weighted by atomic mass is 10.0. The normalized spacial score (nSPS) is 10.8. The van der Waals surface area contributed by atoms with Crippen LogP contribution in [0.1, 0.15) is 26.3 Å². The first kappa shape index (κ1) is 23.6. The zero-order chi connectivity index (χ0) is 24.0. The number of non-ortho nitro benzene ring substituents is 1. The van der Waals surface area contributed by atoms with Crippen LogP contribution in [0.3, 0.4) is 0 Å². The number of amides is 1. The van der Waals surface area contributed by atoms with Crippen LogP contribution in [0.15, 0.2) is 60.8 Å². The number of para-hydroxylation sites is 1. The number of nitro benzene ring substituents is 1. The minimum Gasteiger partial charge on any atom is -0.465 e. The standard InChI is InChI=1S/C24H26N4O5/c1-4-33-23(30)16-26(17(2)3)22(29)14-19-15-27(20-8-6-5-7-9-20)25-24(19)18-10-12-21(13-11-18)28(31)32/h5-13,15,17H,4,14,16H2,1-3H3. The molecule has 0 saturated carbocycles. The molecule has 0 N–H and O–H groups in total. The number of ether oxygens (including phenoxy) is 1. The molecular weight excluding hydrogens is 424 g/mol. The lowest BCUT2D eigenvalue weighted by molar-refractivity contribution is -0.384. The van der Waals surface area contributed by atoms with Crippen LogP contribution in [0.4, 0.5) is 5.69 Å². The molecule has 2 aromatic carbocycles. The molecule has 0 bridgehead atoms. The largest absolute Gasteiger partial charge is 0.465 e. The number of carbonyl (C=O) groups excluding carboxylic acids is 2. The van der Waals surface area contributed by atoms with Gasteiger partial charge in [-0.3, -0.25) is 19.7 Å². The molecule has 0 atom stereocenters. The summed E-state index contributed by atoms with van der Waals surface area (Å²) in [7, 11) is 0. The maximum absolute atomic E-state index is 13.2. The maximum atomic E-state index is 13.2.